The number of carbonyl (C=O) groups excluding carboxylic acids is 2. The molecule has 0 saturated carbocycles. The average Bonchev–Trinajstić information content (AvgIpc) is 3.23. The van der Waals surface area contributed by atoms with Crippen molar-refractivity contribution in [2.24, 2.45) is 0 Å². The summed E-state index contributed by atoms with van der Waals surface area (Å²) in [7, 11) is 0. The Bertz CT molecular complexity index is 1370. The van der Waals surface area contributed by atoms with E-state index < -0.39 is 17.5 Å². The lowest BCUT2D eigenvalue weighted by molar-refractivity contribution is -0.114. The van der Waals surface area contributed by atoms with Gasteiger partial charge in [0, 0.05) is 49.5 Å². The quantitative estimate of drug-likeness (QED) is 0.431. The Labute approximate surface area is 194 Å². The summed E-state index contributed by atoms with van der Waals surface area (Å²) >= 11 is 0. The fraction of sp³-hybridized carbons (Fsp3) is 0.200. The lowest BCUT2D eigenvalue weighted by Crippen LogP contribution is -2.24. The molecule has 174 valence electrons. The number of carbonyl (C=O) groups is 2. The predicted octanol–water partition coefficient (Wildman–Crippen LogP) is 4.15. The number of fused-ring (bicyclic) bond motifs is 1. The molecule has 7 nitrogen and oxygen atoms in total. The molecule has 9 heteroatoms. The predicted molar refractivity (Wildman–Crippen MR) is 124 cm³/mol. The minimum atomic E-state index is -0.732. The van der Waals surface area contributed by atoms with Gasteiger partial charge < -0.3 is 15.2 Å². The van der Waals surface area contributed by atoms with E-state index in [1.165, 1.54) is 32.0 Å². The second-order valence-electron chi connectivity index (χ2n) is 7.92. The molecule has 0 saturated heterocycles. The Morgan fingerprint density at radius 1 is 1.09 bits per heavy atom. The van der Waals surface area contributed by atoms with Crippen LogP contribution in [0, 0.1) is 18.6 Å². The molecule has 4 rings (SSSR count). The Balaban J connectivity index is 1.60. The number of nitrogens with zero attached hydrogens (tertiary/aromatic N) is 3. The highest BCUT2D eigenvalue weighted by atomic mass is 19.1. The number of halogens is 2. The van der Waals surface area contributed by atoms with Crippen molar-refractivity contribution in [1.82, 2.24) is 19.9 Å². The number of nitrogens with one attached hydrogen (secondary N) is 2. The highest BCUT2D eigenvalue weighted by Gasteiger charge is 2.17. The number of amides is 2. The Hall–Kier alpha value is -4.14. The second kappa shape index (κ2) is 9.78. The standard InChI is InChI=1S/C25H23F2N5O2/c1-15-6-7-20(26)19(23(15)27)13-29-25(34)17-11-21-24(22(12-17)31-16(2)33)32(14-30-21)10-8-18-5-3-4-9-28-18/h3-7,9,11-12,14H,8,10,13H2,1-2H3,(H,29,34)(H,31,33). The van der Waals surface area contributed by atoms with Crippen LogP contribution < -0.4 is 10.6 Å². The van der Waals surface area contributed by atoms with Crippen molar-refractivity contribution < 1.29 is 18.4 Å². The summed E-state index contributed by atoms with van der Waals surface area (Å²) in [4.78, 5) is 33.4. The molecule has 0 spiro atoms. The molecule has 0 aliphatic carbocycles. The van der Waals surface area contributed by atoms with Gasteiger partial charge in [0.15, 0.2) is 0 Å². The smallest absolute Gasteiger partial charge is 0.251 e. The molecule has 2 amide bonds. The van der Waals surface area contributed by atoms with Gasteiger partial charge in [0.05, 0.1) is 23.0 Å². The van der Waals surface area contributed by atoms with Gasteiger partial charge in [-0.1, -0.05) is 12.1 Å². The molecule has 0 atom stereocenters. The molecule has 2 N–H and O–H groups in total. The minimum absolute atomic E-state index is 0.208. The summed E-state index contributed by atoms with van der Waals surface area (Å²) in [6.07, 6.45) is 4.02. The van der Waals surface area contributed by atoms with E-state index in [9.17, 15) is 18.4 Å². The highest BCUT2D eigenvalue weighted by Crippen LogP contribution is 2.26. The molecule has 2 aromatic carbocycles. The largest absolute Gasteiger partial charge is 0.348 e. The number of imidazole rings is 1. The van der Waals surface area contributed by atoms with Crippen molar-refractivity contribution in [1.29, 1.82) is 0 Å². The fourth-order valence-electron chi connectivity index (χ4n) is 3.72. The molecule has 34 heavy (non-hydrogen) atoms. The van der Waals surface area contributed by atoms with Crippen molar-refractivity contribution in [3.8, 4) is 0 Å². The van der Waals surface area contributed by atoms with Crippen molar-refractivity contribution in [2.45, 2.75) is 33.4 Å². The van der Waals surface area contributed by atoms with Crippen LogP contribution in [0.1, 0.15) is 34.1 Å². The van der Waals surface area contributed by atoms with Gasteiger partial charge >= 0.3 is 0 Å². The number of aryl methyl sites for hydroxylation is 3. The first-order chi connectivity index (χ1) is 16.3. The van der Waals surface area contributed by atoms with Gasteiger partial charge in [0.1, 0.15) is 11.6 Å². The average molecular weight is 463 g/mol. The molecule has 0 aliphatic rings. The number of hydrogen-bond acceptors (Lipinski definition) is 4. The van der Waals surface area contributed by atoms with Gasteiger partial charge in [0.2, 0.25) is 5.91 Å². The van der Waals surface area contributed by atoms with Crippen LogP contribution >= 0.6 is 0 Å². The summed E-state index contributed by atoms with van der Waals surface area (Å²) in [5, 5.41) is 5.30. The maximum absolute atomic E-state index is 14.3. The zero-order valence-corrected chi connectivity index (χ0v) is 18.7. The van der Waals surface area contributed by atoms with E-state index in [0.29, 0.717) is 29.7 Å². The van der Waals surface area contributed by atoms with Crippen molar-refractivity contribution >= 4 is 28.5 Å². The van der Waals surface area contributed by atoms with E-state index in [4.69, 9.17) is 0 Å². The topological polar surface area (TPSA) is 88.9 Å². The summed E-state index contributed by atoms with van der Waals surface area (Å²) in [6, 6.07) is 11.3. The molecular formula is C25H23F2N5O2. The summed E-state index contributed by atoms with van der Waals surface area (Å²) < 4.78 is 30.2. The van der Waals surface area contributed by atoms with Gasteiger partial charge in [0.25, 0.3) is 5.91 Å². The van der Waals surface area contributed by atoms with Crippen LogP contribution in [0.3, 0.4) is 0 Å². The number of anilines is 1. The molecule has 0 unspecified atom stereocenters. The first-order valence-corrected chi connectivity index (χ1v) is 10.7. The van der Waals surface area contributed by atoms with Crippen LogP contribution in [0.15, 0.2) is 55.0 Å². The normalized spacial score (nSPS) is 10.9. The third-order valence-corrected chi connectivity index (χ3v) is 5.43. The van der Waals surface area contributed by atoms with E-state index in [0.717, 1.165) is 5.69 Å². The summed E-state index contributed by atoms with van der Waals surface area (Å²) in [6.45, 7) is 3.15. The Kier molecular flexibility index (Phi) is 6.62. The lowest BCUT2D eigenvalue weighted by atomic mass is 10.1. The van der Waals surface area contributed by atoms with Crippen LogP contribution in [0.5, 0.6) is 0 Å². The van der Waals surface area contributed by atoms with Crippen LogP contribution in [-0.4, -0.2) is 26.3 Å². The molecule has 2 aromatic heterocycles. The zero-order valence-electron chi connectivity index (χ0n) is 18.7. The lowest BCUT2D eigenvalue weighted by Gasteiger charge is -2.12. The zero-order chi connectivity index (χ0) is 24.2. The van der Waals surface area contributed by atoms with Gasteiger partial charge in [-0.05, 0) is 42.8 Å². The fourth-order valence-corrected chi connectivity index (χ4v) is 3.72. The summed E-state index contributed by atoms with van der Waals surface area (Å²) in [5.41, 5.74) is 2.79. The SMILES string of the molecule is CC(=O)Nc1cc(C(=O)NCc2c(F)ccc(C)c2F)cc2ncn(CCc3ccccn3)c12. The van der Waals surface area contributed by atoms with E-state index in [-0.39, 0.29) is 29.1 Å². The van der Waals surface area contributed by atoms with Crippen molar-refractivity contribution in [3.63, 3.8) is 0 Å². The third kappa shape index (κ3) is 4.93. The van der Waals surface area contributed by atoms with E-state index in [2.05, 4.69) is 20.6 Å². The van der Waals surface area contributed by atoms with E-state index in [1.54, 1.807) is 18.6 Å². The van der Waals surface area contributed by atoms with Crippen LogP contribution in [0.25, 0.3) is 11.0 Å². The second-order valence-corrected chi connectivity index (χ2v) is 7.92. The number of rotatable bonds is 7. The summed E-state index contributed by atoms with van der Waals surface area (Å²) in [5.74, 6) is -2.28. The molecule has 0 bridgehead atoms. The highest BCUT2D eigenvalue weighted by molar-refractivity contribution is 6.05. The first-order valence-electron chi connectivity index (χ1n) is 10.7. The van der Waals surface area contributed by atoms with E-state index in [1.807, 2.05) is 22.8 Å². The number of aromatic nitrogens is 3. The molecule has 2 heterocycles. The number of hydrogen-bond donors (Lipinski definition) is 2. The van der Waals surface area contributed by atoms with Crippen molar-refractivity contribution in [3.05, 3.63) is 89.0 Å². The Morgan fingerprint density at radius 2 is 1.91 bits per heavy atom. The third-order valence-electron chi connectivity index (χ3n) is 5.43. The maximum atomic E-state index is 14.3. The van der Waals surface area contributed by atoms with Gasteiger partial charge in [-0.25, -0.2) is 13.8 Å². The molecular weight excluding hydrogens is 440 g/mol. The van der Waals surface area contributed by atoms with Crippen LogP contribution in [0.2, 0.25) is 0 Å². The van der Waals surface area contributed by atoms with Crippen LogP contribution in [0.4, 0.5) is 14.5 Å². The van der Waals surface area contributed by atoms with Crippen molar-refractivity contribution in [2.75, 3.05) is 5.32 Å². The maximum Gasteiger partial charge on any atom is 0.251 e. The first kappa shape index (κ1) is 23.0. The monoisotopic (exact) mass is 463 g/mol. The van der Waals surface area contributed by atoms with Gasteiger partial charge in [-0.2, -0.15) is 0 Å². The molecule has 0 radical (unpaired) electrons. The molecule has 0 fully saturated rings. The van der Waals surface area contributed by atoms with Gasteiger partial charge in [-0.15, -0.1) is 0 Å². The van der Waals surface area contributed by atoms with E-state index >= 15 is 0 Å². The number of pyridine rings is 1. The van der Waals surface area contributed by atoms with Crippen LogP contribution in [-0.2, 0) is 24.3 Å². The number of benzene rings is 2. The molecule has 4 aromatic rings. The minimum Gasteiger partial charge on any atom is -0.348 e. The van der Waals surface area contributed by atoms with Gasteiger partial charge in [-0.3, -0.25) is 14.6 Å². The Morgan fingerprint density at radius 3 is 2.65 bits per heavy atom. The molecule has 0 aliphatic heterocycles.